The van der Waals surface area contributed by atoms with E-state index in [-0.39, 0.29) is 11.8 Å². The molecule has 174 valence electrons. The summed E-state index contributed by atoms with van der Waals surface area (Å²) in [5, 5.41) is 22.1. The first kappa shape index (κ1) is 25.5. The highest BCUT2D eigenvalue weighted by Crippen LogP contribution is 2.46. The highest BCUT2D eigenvalue weighted by molar-refractivity contribution is 6.30. The minimum Gasteiger partial charge on any atom is -0.465 e. The summed E-state index contributed by atoms with van der Waals surface area (Å²) in [5.74, 6) is -0.332. The van der Waals surface area contributed by atoms with E-state index in [4.69, 9.17) is 11.6 Å². The summed E-state index contributed by atoms with van der Waals surface area (Å²) in [5.41, 5.74) is -1.69. The molecule has 0 saturated carbocycles. The fraction of sp³-hybridized carbons (Fsp3) is 0.667. The number of halogens is 1. The van der Waals surface area contributed by atoms with Gasteiger partial charge in [-0.1, -0.05) is 57.8 Å². The van der Waals surface area contributed by atoms with Crippen molar-refractivity contribution in [3.8, 4) is 0 Å². The van der Waals surface area contributed by atoms with Crippen molar-refractivity contribution in [1.29, 1.82) is 0 Å². The molecule has 1 fully saturated rings. The predicted octanol–water partition coefficient (Wildman–Crippen LogP) is 4.98. The maximum Gasteiger partial charge on any atom is 0.408 e. The molecule has 1 aromatic rings. The molecule has 3 atom stereocenters. The van der Waals surface area contributed by atoms with Crippen LogP contribution in [0.15, 0.2) is 24.3 Å². The molecule has 2 N–H and O–H groups in total. The van der Waals surface area contributed by atoms with Gasteiger partial charge in [0.2, 0.25) is 5.91 Å². The predicted molar refractivity (Wildman–Crippen MR) is 123 cm³/mol. The van der Waals surface area contributed by atoms with Crippen LogP contribution >= 0.6 is 11.6 Å². The number of rotatable bonds is 5. The molecule has 2 amide bonds. The van der Waals surface area contributed by atoms with Gasteiger partial charge in [0.1, 0.15) is 6.04 Å². The van der Waals surface area contributed by atoms with Gasteiger partial charge in [0.05, 0.1) is 5.60 Å². The van der Waals surface area contributed by atoms with E-state index in [9.17, 15) is 19.8 Å². The van der Waals surface area contributed by atoms with Crippen molar-refractivity contribution in [2.24, 2.45) is 11.3 Å². The molecule has 0 bridgehead atoms. The van der Waals surface area contributed by atoms with Crippen LogP contribution < -0.4 is 0 Å². The lowest BCUT2D eigenvalue weighted by atomic mass is 9.66. The SMILES string of the molecule is CC[C@H](C)[C@H](C(=O)N1CC[C@](O)(c2ccc(Cl)cc2)C(C)(C)C1)N(C(=O)O)C(C)(C)C. The van der Waals surface area contributed by atoms with E-state index in [0.717, 1.165) is 5.56 Å². The summed E-state index contributed by atoms with van der Waals surface area (Å²) in [6.45, 7) is 13.9. The zero-order valence-corrected chi connectivity index (χ0v) is 20.5. The maximum atomic E-state index is 13.7. The third-order valence-corrected chi connectivity index (χ3v) is 6.98. The van der Waals surface area contributed by atoms with E-state index in [2.05, 4.69) is 0 Å². The Bertz CT molecular complexity index is 803. The third kappa shape index (κ3) is 5.01. The molecule has 0 unspecified atom stereocenters. The van der Waals surface area contributed by atoms with Crippen molar-refractivity contribution in [3.05, 3.63) is 34.9 Å². The molecule has 0 spiro atoms. The molecule has 1 aromatic carbocycles. The molecule has 31 heavy (non-hydrogen) atoms. The van der Waals surface area contributed by atoms with Gasteiger partial charge >= 0.3 is 6.09 Å². The lowest BCUT2D eigenvalue weighted by molar-refractivity contribution is -0.160. The van der Waals surface area contributed by atoms with Gasteiger partial charge in [-0.3, -0.25) is 9.69 Å². The van der Waals surface area contributed by atoms with Gasteiger partial charge in [0.15, 0.2) is 0 Å². The van der Waals surface area contributed by atoms with Crippen LogP contribution in [-0.4, -0.2) is 56.7 Å². The number of carbonyl (C=O) groups excluding carboxylic acids is 1. The number of hydrogen-bond acceptors (Lipinski definition) is 3. The largest absolute Gasteiger partial charge is 0.465 e. The number of aliphatic hydroxyl groups is 1. The number of carbonyl (C=O) groups is 2. The second-order valence-electron chi connectivity index (χ2n) is 10.4. The second kappa shape index (κ2) is 8.99. The number of nitrogens with zero attached hydrogens (tertiary/aromatic N) is 2. The quantitative estimate of drug-likeness (QED) is 0.660. The highest BCUT2D eigenvalue weighted by atomic mass is 35.5. The molecule has 0 aliphatic carbocycles. The fourth-order valence-corrected chi connectivity index (χ4v) is 4.74. The van der Waals surface area contributed by atoms with Crippen LogP contribution in [-0.2, 0) is 10.4 Å². The zero-order chi connectivity index (χ0) is 23.8. The first-order valence-corrected chi connectivity index (χ1v) is 11.3. The minimum absolute atomic E-state index is 0.136. The maximum absolute atomic E-state index is 13.7. The summed E-state index contributed by atoms with van der Waals surface area (Å²) in [4.78, 5) is 28.8. The zero-order valence-electron chi connectivity index (χ0n) is 19.8. The lowest BCUT2D eigenvalue weighted by Crippen LogP contribution is -2.63. The highest BCUT2D eigenvalue weighted by Gasteiger charge is 2.51. The summed E-state index contributed by atoms with van der Waals surface area (Å²) in [7, 11) is 0. The van der Waals surface area contributed by atoms with Crippen LogP contribution in [0.1, 0.15) is 66.9 Å². The van der Waals surface area contributed by atoms with E-state index in [1.54, 1.807) is 17.0 Å². The van der Waals surface area contributed by atoms with Crippen LogP contribution in [0, 0.1) is 11.3 Å². The van der Waals surface area contributed by atoms with Gasteiger partial charge in [-0.25, -0.2) is 4.79 Å². The lowest BCUT2D eigenvalue weighted by Gasteiger charge is -2.52. The summed E-state index contributed by atoms with van der Waals surface area (Å²) in [6.07, 6.45) is -0.0501. The van der Waals surface area contributed by atoms with Crippen LogP contribution in [0.25, 0.3) is 0 Å². The monoisotopic (exact) mass is 452 g/mol. The van der Waals surface area contributed by atoms with Crippen molar-refractivity contribution in [3.63, 3.8) is 0 Å². The number of carboxylic acid groups (broad SMARTS) is 1. The van der Waals surface area contributed by atoms with E-state index in [1.807, 2.05) is 60.6 Å². The Kier molecular flexibility index (Phi) is 7.38. The van der Waals surface area contributed by atoms with E-state index in [0.29, 0.717) is 31.0 Å². The Hall–Kier alpha value is -1.79. The molecule has 2 rings (SSSR count). The Balaban J connectivity index is 2.37. The molecular formula is C24H37ClN2O4. The van der Waals surface area contributed by atoms with Crippen molar-refractivity contribution >= 4 is 23.6 Å². The Morgan fingerprint density at radius 1 is 1.23 bits per heavy atom. The van der Waals surface area contributed by atoms with Gasteiger partial charge in [-0.05, 0) is 50.8 Å². The summed E-state index contributed by atoms with van der Waals surface area (Å²) < 4.78 is 0. The molecule has 1 heterocycles. The molecule has 7 heteroatoms. The Labute approximate surface area is 191 Å². The van der Waals surface area contributed by atoms with Crippen LogP contribution in [0.5, 0.6) is 0 Å². The van der Waals surface area contributed by atoms with Crippen molar-refractivity contribution < 1.29 is 19.8 Å². The van der Waals surface area contributed by atoms with Gasteiger partial charge in [-0.15, -0.1) is 0 Å². The van der Waals surface area contributed by atoms with Crippen molar-refractivity contribution in [2.45, 2.75) is 78.5 Å². The molecular weight excluding hydrogens is 416 g/mol. The topological polar surface area (TPSA) is 81.1 Å². The molecule has 1 aliphatic rings. The van der Waals surface area contributed by atoms with Crippen LogP contribution in [0.2, 0.25) is 5.02 Å². The number of hydrogen-bond donors (Lipinski definition) is 2. The average molecular weight is 453 g/mol. The molecule has 0 aromatic heterocycles. The van der Waals surface area contributed by atoms with Crippen molar-refractivity contribution in [2.75, 3.05) is 13.1 Å². The first-order chi connectivity index (χ1) is 14.2. The van der Waals surface area contributed by atoms with E-state index >= 15 is 0 Å². The minimum atomic E-state index is -1.11. The first-order valence-electron chi connectivity index (χ1n) is 10.9. The smallest absolute Gasteiger partial charge is 0.408 e. The van der Waals surface area contributed by atoms with Gasteiger partial charge in [0.25, 0.3) is 0 Å². The number of likely N-dealkylation sites (tertiary alicyclic amines) is 1. The Morgan fingerprint density at radius 3 is 2.19 bits per heavy atom. The summed E-state index contributed by atoms with van der Waals surface area (Å²) >= 11 is 6.01. The van der Waals surface area contributed by atoms with Crippen LogP contribution in [0.4, 0.5) is 4.79 Å². The molecule has 0 radical (unpaired) electrons. The van der Waals surface area contributed by atoms with Gasteiger partial charge in [-0.2, -0.15) is 0 Å². The molecule has 1 saturated heterocycles. The number of amides is 2. The second-order valence-corrected chi connectivity index (χ2v) is 10.9. The normalized spacial score (nSPS) is 23.2. The fourth-order valence-electron chi connectivity index (χ4n) is 4.61. The van der Waals surface area contributed by atoms with E-state index in [1.165, 1.54) is 4.90 Å². The standard InChI is InChI=1S/C24H37ClN2O4/c1-8-16(2)19(27(21(29)30)22(3,4)5)20(28)26-14-13-24(31,23(6,7)15-26)17-9-11-18(25)12-10-17/h9-12,16,19,31H,8,13-15H2,1-7H3,(H,29,30)/t16-,19+,24-/m0/s1. The Morgan fingerprint density at radius 2 is 1.77 bits per heavy atom. The molecule has 6 nitrogen and oxygen atoms in total. The molecule has 1 aliphatic heterocycles. The van der Waals surface area contributed by atoms with Gasteiger partial charge < -0.3 is 15.1 Å². The van der Waals surface area contributed by atoms with E-state index < -0.39 is 28.7 Å². The summed E-state index contributed by atoms with van der Waals surface area (Å²) in [6, 6.07) is 6.40. The number of benzene rings is 1. The van der Waals surface area contributed by atoms with Gasteiger partial charge in [0, 0.05) is 29.1 Å². The van der Waals surface area contributed by atoms with Crippen molar-refractivity contribution in [1.82, 2.24) is 9.80 Å². The average Bonchev–Trinajstić information content (AvgIpc) is 2.66. The third-order valence-electron chi connectivity index (χ3n) is 6.73. The number of piperidine rings is 1. The van der Waals surface area contributed by atoms with Crippen LogP contribution in [0.3, 0.4) is 0 Å².